The molecule has 0 bridgehead atoms. The second-order valence-corrected chi connectivity index (χ2v) is 5.85. The minimum absolute atomic E-state index is 0.00311. The summed E-state index contributed by atoms with van der Waals surface area (Å²) in [4.78, 5) is 37.4. The predicted molar refractivity (Wildman–Crippen MR) is 84.6 cm³/mol. The maximum atomic E-state index is 12.6. The Balaban J connectivity index is 2.07. The molecule has 0 spiro atoms. The number of carbonyl (C=O) groups excluding carboxylic acids is 3. The average molecular weight is 318 g/mol. The maximum absolute atomic E-state index is 12.6. The highest BCUT2D eigenvalue weighted by Crippen LogP contribution is 2.29. The van der Waals surface area contributed by atoms with Crippen LogP contribution in [0.4, 0.5) is 4.79 Å². The van der Waals surface area contributed by atoms with Crippen LogP contribution in [0.1, 0.15) is 37.8 Å². The second-order valence-electron chi connectivity index (χ2n) is 5.85. The first kappa shape index (κ1) is 17.0. The number of hydrogen-bond donors (Lipinski definition) is 1. The minimum atomic E-state index is -1.10. The molecule has 3 amide bonds. The van der Waals surface area contributed by atoms with Crippen molar-refractivity contribution in [1.29, 1.82) is 0 Å². The van der Waals surface area contributed by atoms with Crippen molar-refractivity contribution in [3.63, 3.8) is 0 Å². The summed E-state index contributed by atoms with van der Waals surface area (Å²) in [5.41, 5.74) is 0.695. The molecule has 1 atom stereocenters. The van der Waals surface area contributed by atoms with Crippen molar-refractivity contribution in [2.24, 2.45) is 0 Å². The number of carbonyl (C=O) groups is 3. The fraction of sp³-hybridized carbons (Fsp3) is 0.471. The molecule has 1 aliphatic rings. The first-order chi connectivity index (χ1) is 10.9. The van der Waals surface area contributed by atoms with E-state index in [0.717, 1.165) is 22.4 Å². The summed E-state index contributed by atoms with van der Waals surface area (Å²) in [6, 6.07) is 6.95. The SMILES string of the molecule is CCCOC(=O)CCN1C(=O)N[C@](C)(c2ccc(C)cc2)C1=O. The number of aryl methyl sites for hydroxylation is 1. The summed E-state index contributed by atoms with van der Waals surface area (Å²) in [5, 5.41) is 2.72. The van der Waals surface area contributed by atoms with Crippen molar-refractivity contribution >= 4 is 17.9 Å². The van der Waals surface area contributed by atoms with Gasteiger partial charge in [0, 0.05) is 6.54 Å². The number of nitrogens with zero attached hydrogens (tertiary/aromatic N) is 1. The Morgan fingerprint density at radius 3 is 2.52 bits per heavy atom. The molecule has 1 aliphatic heterocycles. The van der Waals surface area contributed by atoms with Gasteiger partial charge >= 0.3 is 12.0 Å². The van der Waals surface area contributed by atoms with Crippen molar-refractivity contribution in [3.8, 4) is 0 Å². The molecule has 1 saturated heterocycles. The molecule has 1 heterocycles. The first-order valence-electron chi connectivity index (χ1n) is 7.75. The van der Waals surface area contributed by atoms with Gasteiger partial charge in [-0.3, -0.25) is 14.5 Å². The smallest absolute Gasteiger partial charge is 0.325 e. The Morgan fingerprint density at radius 1 is 1.26 bits per heavy atom. The lowest BCUT2D eigenvalue weighted by atomic mass is 9.91. The summed E-state index contributed by atoms with van der Waals surface area (Å²) in [7, 11) is 0. The Hall–Kier alpha value is -2.37. The van der Waals surface area contributed by atoms with Crippen LogP contribution in [-0.4, -0.2) is 36.0 Å². The van der Waals surface area contributed by atoms with Crippen LogP contribution < -0.4 is 5.32 Å². The van der Waals surface area contributed by atoms with E-state index < -0.39 is 17.5 Å². The minimum Gasteiger partial charge on any atom is -0.466 e. The lowest BCUT2D eigenvalue weighted by molar-refractivity contribution is -0.144. The van der Waals surface area contributed by atoms with Crippen LogP contribution in [0.2, 0.25) is 0 Å². The van der Waals surface area contributed by atoms with Gasteiger partial charge in [-0.25, -0.2) is 4.79 Å². The Kier molecular flexibility index (Phi) is 5.03. The average Bonchev–Trinajstić information content (AvgIpc) is 2.74. The van der Waals surface area contributed by atoms with Crippen LogP contribution in [-0.2, 0) is 19.9 Å². The van der Waals surface area contributed by atoms with Crippen LogP contribution in [0.15, 0.2) is 24.3 Å². The molecule has 0 aromatic heterocycles. The number of esters is 1. The summed E-state index contributed by atoms with van der Waals surface area (Å²) in [6.45, 7) is 5.90. The number of benzene rings is 1. The van der Waals surface area contributed by atoms with E-state index in [0.29, 0.717) is 6.61 Å². The Bertz CT molecular complexity index is 612. The third-order valence-corrected chi connectivity index (χ3v) is 3.91. The largest absolute Gasteiger partial charge is 0.466 e. The third-order valence-electron chi connectivity index (χ3n) is 3.91. The van der Waals surface area contributed by atoms with E-state index in [1.165, 1.54) is 0 Å². The van der Waals surface area contributed by atoms with E-state index in [1.54, 1.807) is 6.92 Å². The van der Waals surface area contributed by atoms with Gasteiger partial charge in [0.1, 0.15) is 5.54 Å². The van der Waals surface area contributed by atoms with Crippen molar-refractivity contribution < 1.29 is 19.1 Å². The molecule has 0 unspecified atom stereocenters. The number of rotatable bonds is 6. The second kappa shape index (κ2) is 6.81. The normalized spacial score (nSPS) is 20.6. The first-order valence-corrected chi connectivity index (χ1v) is 7.75. The number of ether oxygens (including phenoxy) is 1. The lowest BCUT2D eigenvalue weighted by Crippen LogP contribution is -2.41. The fourth-order valence-electron chi connectivity index (χ4n) is 2.47. The molecule has 6 heteroatoms. The molecule has 6 nitrogen and oxygen atoms in total. The van der Waals surface area contributed by atoms with Crippen molar-refractivity contribution in [3.05, 3.63) is 35.4 Å². The van der Waals surface area contributed by atoms with Crippen LogP contribution in [0, 0.1) is 6.92 Å². The molecule has 23 heavy (non-hydrogen) atoms. The molecular formula is C17H22N2O4. The molecule has 0 saturated carbocycles. The number of urea groups is 1. The summed E-state index contributed by atoms with van der Waals surface area (Å²) < 4.78 is 4.96. The van der Waals surface area contributed by atoms with Gasteiger partial charge in [0.2, 0.25) is 0 Å². The molecule has 2 rings (SSSR count). The Labute approximate surface area is 135 Å². The number of hydrogen-bond acceptors (Lipinski definition) is 4. The zero-order chi connectivity index (χ0) is 17.0. The molecule has 0 radical (unpaired) electrons. The van der Waals surface area contributed by atoms with E-state index in [-0.39, 0.29) is 18.9 Å². The van der Waals surface area contributed by atoms with E-state index in [2.05, 4.69) is 5.32 Å². The fourth-order valence-corrected chi connectivity index (χ4v) is 2.47. The molecule has 1 aromatic rings. The van der Waals surface area contributed by atoms with Gasteiger partial charge in [-0.15, -0.1) is 0 Å². The van der Waals surface area contributed by atoms with E-state index in [1.807, 2.05) is 38.1 Å². The van der Waals surface area contributed by atoms with E-state index in [9.17, 15) is 14.4 Å². The number of amides is 3. The summed E-state index contributed by atoms with van der Waals surface area (Å²) in [5.74, 6) is -0.758. The van der Waals surface area contributed by atoms with Gasteiger partial charge in [0.05, 0.1) is 13.0 Å². The maximum Gasteiger partial charge on any atom is 0.325 e. The zero-order valence-corrected chi connectivity index (χ0v) is 13.7. The highest BCUT2D eigenvalue weighted by atomic mass is 16.5. The molecule has 0 aliphatic carbocycles. The quantitative estimate of drug-likeness (QED) is 0.644. The van der Waals surface area contributed by atoms with Gasteiger partial charge in [-0.2, -0.15) is 0 Å². The highest BCUT2D eigenvalue weighted by Gasteiger charge is 2.48. The molecule has 1 N–H and O–H groups in total. The standard InChI is InChI=1S/C17H22N2O4/c1-4-11-23-14(20)9-10-19-15(21)17(3,18-16(19)22)13-7-5-12(2)6-8-13/h5-8H,4,9-11H2,1-3H3,(H,18,22)/t17-/m1/s1. The number of nitrogens with one attached hydrogen (secondary N) is 1. The van der Waals surface area contributed by atoms with Crippen molar-refractivity contribution in [2.75, 3.05) is 13.2 Å². The molecule has 124 valence electrons. The van der Waals surface area contributed by atoms with Crippen LogP contribution >= 0.6 is 0 Å². The van der Waals surface area contributed by atoms with Crippen LogP contribution in [0.3, 0.4) is 0 Å². The van der Waals surface area contributed by atoms with Crippen molar-refractivity contribution in [1.82, 2.24) is 10.2 Å². The van der Waals surface area contributed by atoms with Crippen LogP contribution in [0.5, 0.6) is 0 Å². The zero-order valence-electron chi connectivity index (χ0n) is 13.7. The molecule has 1 fully saturated rings. The van der Waals surface area contributed by atoms with Gasteiger partial charge < -0.3 is 10.1 Å². The monoisotopic (exact) mass is 318 g/mol. The van der Waals surface area contributed by atoms with Gasteiger partial charge in [0.25, 0.3) is 5.91 Å². The number of imide groups is 1. The highest BCUT2D eigenvalue weighted by molar-refractivity contribution is 6.07. The third kappa shape index (κ3) is 3.52. The predicted octanol–water partition coefficient (Wildman–Crippen LogP) is 2.11. The Morgan fingerprint density at radius 2 is 1.91 bits per heavy atom. The van der Waals surface area contributed by atoms with Crippen LogP contribution in [0.25, 0.3) is 0 Å². The van der Waals surface area contributed by atoms with Gasteiger partial charge in [0.15, 0.2) is 0 Å². The topological polar surface area (TPSA) is 75.7 Å². The summed E-state index contributed by atoms with van der Waals surface area (Å²) in [6.07, 6.45) is 0.740. The molecular weight excluding hydrogens is 296 g/mol. The van der Waals surface area contributed by atoms with Gasteiger partial charge in [-0.05, 0) is 25.8 Å². The van der Waals surface area contributed by atoms with Crippen molar-refractivity contribution in [2.45, 2.75) is 39.2 Å². The van der Waals surface area contributed by atoms with E-state index in [4.69, 9.17) is 4.74 Å². The molecule has 1 aromatic carbocycles. The van der Waals surface area contributed by atoms with E-state index >= 15 is 0 Å². The summed E-state index contributed by atoms with van der Waals surface area (Å²) >= 11 is 0. The lowest BCUT2D eigenvalue weighted by Gasteiger charge is -2.22. The van der Waals surface area contributed by atoms with Gasteiger partial charge in [-0.1, -0.05) is 36.8 Å².